The number of nitrogen functional groups attached to an aromatic ring is 1. The highest BCUT2D eigenvalue weighted by molar-refractivity contribution is 5.75. The first kappa shape index (κ1) is 12.0. The number of anilines is 3. The van der Waals surface area contributed by atoms with Crippen LogP contribution in [0.2, 0.25) is 0 Å². The second-order valence-corrected chi connectivity index (χ2v) is 5.02. The minimum Gasteiger partial charge on any atom is -0.393 e. The van der Waals surface area contributed by atoms with Crippen LogP contribution in [0.1, 0.15) is 19.8 Å². The van der Waals surface area contributed by atoms with Crippen molar-refractivity contribution in [2.24, 2.45) is 5.92 Å². The summed E-state index contributed by atoms with van der Waals surface area (Å²) in [5.41, 5.74) is 6.84. The standard InChI is InChI=1S/C12H21N5/c1-9-5-4-6-17(7-9)12-10(13)11(16(2)3)14-8-15-12/h8-9H,4-7,13H2,1-3H3. The third kappa shape index (κ3) is 2.43. The van der Waals surface area contributed by atoms with E-state index in [9.17, 15) is 0 Å². The average Bonchev–Trinajstić information content (AvgIpc) is 2.29. The van der Waals surface area contributed by atoms with Crippen LogP contribution in [0.25, 0.3) is 0 Å². The zero-order valence-corrected chi connectivity index (χ0v) is 10.8. The van der Waals surface area contributed by atoms with Crippen LogP contribution in [-0.2, 0) is 0 Å². The molecule has 94 valence electrons. The molecule has 0 aromatic carbocycles. The molecule has 17 heavy (non-hydrogen) atoms. The van der Waals surface area contributed by atoms with E-state index in [4.69, 9.17) is 5.73 Å². The summed E-state index contributed by atoms with van der Waals surface area (Å²) < 4.78 is 0. The van der Waals surface area contributed by atoms with E-state index in [2.05, 4.69) is 21.8 Å². The number of aromatic nitrogens is 2. The molecule has 1 aliphatic heterocycles. The fraction of sp³-hybridized carbons (Fsp3) is 0.667. The lowest BCUT2D eigenvalue weighted by molar-refractivity contribution is 0.445. The maximum absolute atomic E-state index is 6.15. The van der Waals surface area contributed by atoms with Crippen molar-refractivity contribution in [2.45, 2.75) is 19.8 Å². The summed E-state index contributed by atoms with van der Waals surface area (Å²) >= 11 is 0. The highest BCUT2D eigenvalue weighted by Crippen LogP contribution is 2.30. The van der Waals surface area contributed by atoms with E-state index in [0.717, 1.165) is 24.7 Å². The maximum Gasteiger partial charge on any atom is 0.157 e. The summed E-state index contributed by atoms with van der Waals surface area (Å²) in [5, 5.41) is 0. The molecule has 0 aliphatic carbocycles. The van der Waals surface area contributed by atoms with Gasteiger partial charge in [0, 0.05) is 27.2 Å². The quantitative estimate of drug-likeness (QED) is 0.838. The van der Waals surface area contributed by atoms with Crippen molar-refractivity contribution in [1.82, 2.24) is 9.97 Å². The first-order valence-electron chi connectivity index (χ1n) is 6.12. The van der Waals surface area contributed by atoms with Gasteiger partial charge in [-0.3, -0.25) is 0 Å². The summed E-state index contributed by atoms with van der Waals surface area (Å²) in [6.07, 6.45) is 4.10. The van der Waals surface area contributed by atoms with Crippen molar-refractivity contribution in [3.05, 3.63) is 6.33 Å². The monoisotopic (exact) mass is 235 g/mol. The van der Waals surface area contributed by atoms with Crippen LogP contribution in [0.4, 0.5) is 17.3 Å². The van der Waals surface area contributed by atoms with E-state index in [0.29, 0.717) is 11.6 Å². The number of piperidine rings is 1. The van der Waals surface area contributed by atoms with Crippen LogP contribution in [-0.4, -0.2) is 37.2 Å². The summed E-state index contributed by atoms with van der Waals surface area (Å²) in [5.74, 6) is 2.39. The fourth-order valence-electron chi connectivity index (χ4n) is 2.37. The van der Waals surface area contributed by atoms with Gasteiger partial charge in [0.15, 0.2) is 11.6 Å². The molecular formula is C12H21N5. The second-order valence-electron chi connectivity index (χ2n) is 5.02. The fourth-order valence-corrected chi connectivity index (χ4v) is 2.37. The maximum atomic E-state index is 6.15. The van der Waals surface area contributed by atoms with Crippen LogP contribution >= 0.6 is 0 Å². The van der Waals surface area contributed by atoms with Crippen molar-refractivity contribution in [1.29, 1.82) is 0 Å². The Morgan fingerprint density at radius 1 is 1.41 bits per heavy atom. The normalized spacial score (nSPS) is 20.4. The Bertz CT molecular complexity index is 390. The average molecular weight is 235 g/mol. The third-order valence-corrected chi connectivity index (χ3v) is 3.22. The van der Waals surface area contributed by atoms with Gasteiger partial charge < -0.3 is 15.5 Å². The molecule has 1 saturated heterocycles. The Morgan fingerprint density at radius 3 is 2.82 bits per heavy atom. The van der Waals surface area contributed by atoms with Gasteiger partial charge in [0.25, 0.3) is 0 Å². The molecule has 2 heterocycles. The molecule has 0 bridgehead atoms. The molecule has 1 aliphatic rings. The van der Waals surface area contributed by atoms with Gasteiger partial charge in [0.1, 0.15) is 12.0 Å². The van der Waals surface area contributed by atoms with E-state index < -0.39 is 0 Å². The predicted octanol–water partition coefficient (Wildman–Crippen LogP) is 1.36. The van der Waals surface area contributed by atoms with Gasteiger partial charge in [-0.2, -0.15) is 0 Å². The van der Waals surface area contributed by atoms with Crippen molar-refractivity contribution in [3.63, 3.8) is 0 Å². The zero-order chi connectivity index (χ0) is 12.4. The van der Waals surface area contributed by atoms with Crippen molar-refractivity contribution in [2.75, 3.05) is 42.7 Å². The van der Waals surface area contributed by atoms with Crippen LogP contribution < -0.4 is 15.5 Å². The Hall–Kier alpha value is -1.52. The SMILES string of the molecule is CC1CCCN(c2ncnc(N(C)C)c2N)C1. The molecule has 5 nitrogen and oxygen atoms in total. The molecule has 0 spiro atoms. The van der Waals surface area contributed by atoms with Crippen LogP contribution in [0, 0.1) is 5.92 Å². The smallest absolute Gasteiger partial charge is 0.157 e. The molecule has 1 unspecified atom stereocenters. The van der Waals surface area contributed by atoms with E-state index in [-0.39, 0.29) is 0 Å². The van der Waals surface area contributed by atoms with Crippen molar-refractivity contribution < 1.29 is 0 Å². The zero-order valence-electron chi connectivity index (χ0n) is 10.8. The van der Waals surface area contributed by atoms with Crippen LogP contribution in [0.5, 0.6) is 0 Å². The van der Waals surface area contributed by atoms with Gasteiger partial charge in [0.05, 0.1) is 0 Å². The van der Waals surface area contributed by atoms with Gasteiger partial charge in [-0.15, -0.1) is 0 Å². The number of rotatable bonds is 2. The summed E-state index contributed by atoms with van der Waals surface area (Å²) in [6, 6.07) is 0. The number of hydrogen-bond acceptors (Lipinski definition) is 5. The number of nitrogens with two attached hydrogens (primary N) is 1. The Labute approximate surface area is 103 Å². The van der Waals surface area contributed by atoms with Crippen LogP contribution in [0.3, 0.4) is 0 Å². The molecular weight excluding hydrogens is 214 g/mol. The Balaban J connectivity index is 2.28. The van der Waals surface area contributed by atoms with E-state index >= 15 is 0 Å². The lowest BCUT2D eigenvalue weighted by Gasteiger charge is -2.33. The number of hydrogen-bond donors (Lipinski definition) is 1. The minimum absolute atomic E-state index is 0.687. The summed E-state index contributed by atoms with van der Waals surface area (Å²) in [4.78, 5) is 12.8. The lowest BCUT2D eigenvalue weighted by Crippen LogP contribution is -2.35. The lowest BCUT2D eigenvalue weighted by atomic mass is 10.0. The molecule has 5 heteroatoms. The van der Waals surface area contributed by atoms with Gasteiger partial charge in [-0.05, 0) is 18.8 Å². The summed E-state index contributed by atoms with van der Waals surface area (Å²) in [7, 11) is 3.89. The molecule has 1 atom stereocenters. The van der Waals surface area contributed by atoms with Gasteiger partial charge in [0.2, 0.25) is 0 Å². The summed E-state index contributed by atoms with van der Waals surface area (Å²) in [6.45, 7) is 4.35. The molecule has 2 N–H and O–H groups in total. The largest absolute Gasteiger partial charge is 0.393 e. The van der Waals surface area contributed by atoms with E-state index in [1.54, 1.807) is 6.33 Å². The molecule has 0 radical (unpaired) electrons. The molecule has 0 amide bonds. The Morgan fingerprint density at radius 2 is 2.18 bits per heavy atom. The minimum atomic E-state index is 0.687. The predicted molar refractivity (Wildman–Crippen MR) is 71.4 cm³/mol. The molecule has 1 aromatic heterocycles. The van der Waals surface area contributed by atoms with E-state index in [1.165, 1.54) is 12.8 Å². The molecule has 0 saturated carbocycles. The van der Waals surface area contributed by atoms with E-state index in [1.807, 2.05) is 19.0 Å². The van der Waals surface area contributed by atoms with Crippen molar-refractivity contribution >= 4 is 17.3 Å². The van der Waals surface area contributed by atoms with Gasteiger partial charge in [-0.1, -0.05) is 6.92 Å². The molecule has 2 rings (SSSR count). The van der Waals surface area contributed by atoms with Gasteiger partial charge in [-0.25, -0.2) is 9.97 Å². The van der Waals surface area contributed by atoms with Crippen LogP contribution in [0.15, 0.2) is 6.33 Å². The third-order valence-electron chi connectivity index (χ3n) is 3.22. The topological polar surface area (TPSA) is 58.3 Å². The van der Waals surface area contributed by atoms with Crippen molar-refractivity contribution in [3.8, 4) is 0 Å². The number of nitrogens with zero attached hydrogens (tertiary/aromatic N) is 4. The highest BCUT2D eigenvalue weighted by Gasteiger charge is 2.21. The van der Waals surface area contributed by atoms with Gasteiger partial charge >= 0.3 is 0 Å². The molecule has 1 fully saturated rings. The highest BCUT2D eigenvalue weighted by atomic mass is 15.2. The Kier molecular flexibility index (Phi) is 3.36. The first-order chi connectivity index (χ1) is 8.09. The molecule has 1 aromatic rings. The second kappa shape index (κ2) is 4.77. The first-order valence-corrected chi connectivity index (χ1v) is 6.12.